The topological polar surface area (TPSA) is 43.4 Å². The first-order valence-corrected chi connectivity index (χ1v) is 12.3. The summed E-state index contributed by atoms with van der Waals surface area (Å²) in [5, 5.41) is 0. The van der Waals surface area contributed by atoms with Gasteiger partial charge in [-0.25, -0.2) is 0 Å². The first-order valence-electron chi connectivity index (χ1n) is 12.3. The predicted molar refractivity (Wildman–Crippen MR) is 132 cm³/mol. The van der Waals surface area contributed by atoms with Gasteiger partial charge in [0.25, 0.3) is 0 Å². The fourth-order valence-corrected chi connectivity index (χ4v) is 5.89. The number of esters is 1. The Morgan fingerprint density at radius 2 is 1.31 bits per heavy atom. The van der Waals surface area contributed by atoms with Crippen molar-refractivity contribution in [1.82, 2.24) is 0 Å². The van der Waals surface area contributed by atoms with E-state index in [1.165, 1.54) is 0 Å². The number of piperidine rings is 3. The summed E-state index contributed by atoms with van der Waals surface area (Å²) in [5.74, 6) is 0.872. The van der Waals surface area contributed by atoms with Crippen molar-refractivity contribution in [2.24, 2.45) is 11.8 Å². The summed E-state index contributed by atoms with van der Waals surface area (Å²) in [5.41, 5.74) is 2.74. The van der Waals surface area contributed by atoms with E-state index in [1.807, 2.05) is 91.0 Å². The molecule has 182 valence electrons. The van der Waals surface area contributed by atoms with Crippen molar-refractivity contribution < 1.29 is 31.2 Å². The van der Waals surface area contributed by atoms with Crippen LogP contribution in [0, 0.1) is 11.8 Å². The lowest BCUT2D eigenvalue weighted by Crippen LogP contribution is -3.00. The Hall–Kier alpha value is -2.95. The summed E-state index contributed by atoms with van der Waals surface area (Å²) in [6, 6.07) is 29.5. The van der Waals surface area contributed by atoms with Gasteiger partial charge >= 0.3 is 5.97 Å². The minimum atomic E-state index is -0.404. The van der Waals surface area contributed by atoms with Crippen LogP contribution in [0.15, 0.2) is 91.0 Å². The molecule has 3 fully saturated rings. The normalized spacial score (nSPS) is 22.9. The number of benzene rings is 3. The summed E-state index contributed by atoms with van der Waals surface area (Å²) in [7, 11) is 0. The molecule has 0 spiro atoms. The van der Waals surface area contributed by atoms with Crippen LogP contribution in [0.25, 0.3) is 0 Å². The van der Waals surface area contributed by atoms with Crippen LogP contribution in [0.5, 0.6) is 0 Å². The number of Topliss-reactive ketones (excluding diaryl/α,β-unsaturated/α-hetero) is 1. The van der Waals surface area contributed by atoms with E-state index in [0.717, 1.165) is 53.6 Å². The van der Waals surface area contributed by atoms with Gasteiger partial charge in [0.1, 0.15) is 6.54 Å². The second-order valence-electron chi connectivity index (χ2n) is 9.91. The summed E-state index contributed by atoms with van der Waals surface area (Å²) >= 11 is 0. The standard InChI is InChI=1S/C30H32NO3.ClH/c32-28(24-10-4-1-5-11-24)22-31-18-16-23(17-19-31)27(21-31)20-29(33)34-30(25-12-6-2-7-13-25)26-14-8-3-9-15-26;/h1-15,23,27,30H,16-22H2;1H/q+1;/p-1/t23?,27-,31?;/m0./s1. The second kappa shape index (κ2) is 11.2. The third kappa shape index (κ3) is 5.83. The molecule has 3 saturated heterocycles. The molecule has 0 aliphatic carbocycles. The maximum Gasteiger partial charge on any atom is 0.307 e. The van der Waals surface area contributed by atoms with E-state index in [2.05, 4.69) is 0 Å². The van der Waals surface area contributed by atoms with Crippen LogP contribution >= 0.6 is 0 Å². The quantitative estimate of drug-likeness (QED) is 0.277. The van der Waals surface area contributed by atoms with Gasteiger partial charge < -0.3 is 21.6 Å². The van der Waals surface area contributed by atoms with Gasteiger partial charge in [-0.15, -0.1) is 0 Å². The summed E-state index contributed by atoms with van der Waals surface area (Å²) in [6.45, 7) is 3.48. The van der Waals surface area contributed by atoms with E-state index in [4.69, 9.17) is 4.74 Å². The first kappa shape index (κ1) is 25.2. The molecular weight excluding hydrogens is 458 g/mol. The van der Waals surface area contributed by atoms with Crippen molar-refractivity contribution >= 4 is 11.8 Å². The van der Waals surface area contributed by atoms with Gasteiger partial charge in [-0.3, -0.25) is 9.59 Å². The van der Waals surface area contributed by atoms with E-state index < -0.39 is 6.10 Å². The Bertz CT molecular complexity index is 1070. The van der Waals surface area contributed by atoms with Crippen LogP contribution in [0.3, 0.4) is 0 Å². The number of rotatable bonds is 8. The summed E-state index contributed by atoms with van der Waals surface area (Å²) in [4.78, 5) is 26.2. The Kier molecular flexibility index (Phi) is 8.04. The van der Waals surface area contributed by atoms with Crippen LogP contribution in [-0.2, 0) is 9.53 Å². The van der Waals surface area contributed by atoms with E-state index >= 15 is 0 Å². The number of ketones is 1. The highest BCUT2D eigenvalue weighted by Gasteiger charge is 2.47. The highest BCUT2D eigenvalue weighted by atomic mass is 35.5. The molecule has 5 heteroatoms. The zero-order valence-corrected chi connectivity index (χ0v) is 20.6. The molecule has 1 atom stereocenters. The number of nitrogens with zero attached hydrogens (tertiary/aromatic N) is 1. The maximum atomic E-state index is 13.2. The van der Waals surface area contributed by atoms with Crippen LogP contribution in [0.4, 0.5) is 0 Å². The Morgan fingerprint density at radius 3 is 1.86 bits per heavy atom. The van der Waals surface area contributed by atoms with Gasteiger partial charge in [0, 0.05) is 24.3 Å². The highest BCUT2D eigenvalue weighted by Crippen LogP contribution is 2.40. The van der Waals surface area contributed by atoms with E-state index in [0.29, 0.717) is 18.9 Å². The van der Waals surface area contributed by atoms with Crippen LogP contribution in [0.2, 0.25) is 0 Å². The fraction of sp³-hybridized carbons (Fsp3) is 0.333. The monoisotopic (exact) mass is 489 g/mol. The molecule has 0 aromatic heterocycles. The molecule has 6 rings (SSSR count). The van der Waals surface area contributed by atoms with E-state index in [9.17, 15) is 9.59 Å². The molecule has 4 nitrogen and oxygen atoms in total. The van der Waals surface area contributed by atoms with Crippen molar-refractivity contribution in [3.05, 3.63) is 108 Å². The summed E-state index contributed by atoms with van der Waals surface area (Å²) < 4.78 is 6.91. The second-order valence-corrected chi connectivity index (χ2v) is 9.91. The van der Waals surface area contributed by atoms with Crippen LogP contribution in [0.1, 0.15) is 46.9 Å². The van der Waals surface area contributed by atoms with Crippen LogP contribution < -0.4 is 12.4 Å². The Balaban J connectivity index is 0.00000289. The molecule has 3 heterocycles. The lowest BCUT2D eigenvalue weighted by atomic mass is 9.75. The number of hydrogen-bond acceptors (Lipinski definition) is 3. The van der Waals surface area contributed by atoms with Crippen molar-refractivity contribution in [2.45, 2.75) is 25.4 Å². The zero-order valence-electron chi connectivity index (χ0n) is 19.9. The van der Waals surface area contributed by atoms with Crippen molar-refractivity contribution in [3.8, 4) is 0 Å². The average Bonchev–Trinajstić information content (AvgIpc) is 2.89. The molecule has 0 amide bonds. The van der Waals surface area contributed by atoms with Crippen molar-refractivity contribution in [3.63, 3.8) is 0 Å². The molecule has 35 heavy (non-hydrogen) atoms. The smallest absolute Gasteiger partial charge is 0.307 e. The fourth-order valence-electron chi connectivity index (χ4n) is 5.89. The largest absolute Gasteiger partial charge is 1.00 e. The molecule has 0 radical (unpaired) electrons. The molecule has 3 aliphatic rings. The molecule has 0 unspecified atom stereocenters. The summed E-state index contributed by atoms with van der Waals surface area (Å²) in [6.07, 6.45) is 2.18. The minimum absolute atomic E-state index is 0. The van der Waals surface area contributed by atoms with Gasteiger partial charge in [-0.2, -0.15) is 0 Å². The van der Waals surface area contributed by atoms with Gasteiger partial charge in [-0.1, -0.05) is 91.0 Å². The first-order chi connectivity index (χ1) is 16.6. The van der Waals surface area contributed by atoms with Crippen molar-refractivity contribution in [1.29, 1.82) is 0 Å². The SMILES string of the molecule is O=C(C[C@H]1C[N+]2(CC(=O)c3ccccc3)CCC1CC2)OC(c1ccccc1)c1ccccc1.[Cl-]. The highest BCUT2D eigenvalue weighted by molar-refractivity contribution is 5.96. The molecule has 0 N–H and O–H groups in total. The predicted octanol–water partition coefficient (Wildman–Crippen LogP) is 2.45. The number of ether oxygens (including phenoxy) is 1. The number of fused-ring (bicyclic) bond motifs is 3. The Morgan fingerprint density at radius 1 is 0.800 bits per heavy atom. The lowest BCUT2D eigenvalue weighted by molar-refractivity contribution is -0.939. The molecule has 2 bridgehead atoms. The van der Waals surface area contributed by atoms with Gasteiger partial charge in [0.05, 0.1) is 26.1 Å². The van der Waals surface area contributed by atoms with Gasteiger partial charge in [0.15, 0.2) is 6.10 Å². The van der Waals surface area contributed by atoms with Gasteiger partial charge in [0.2, 0.25) is 5.78 Å². The molecule has 3 aromatic carbocycles. The molecule has 3 aromatic rings. The van der Waals surface area contributed by atoms with Gasteiger partial charge in [-0.05, 0) is 17.0 Å². The Labute approximate surface area is 213 Å². The number of quaternary nitrogens is 1. The molecular formula is C30H32ClNO3. The third-order valence-corrected chi connectivity index (χ3v) is 7.69. The zero-order chi connectivity index (χ0) is 23.4. The number of carbonyl (C=O) groups is 2. The van der Waals surface area contributed by atoms with Crippen LogP contribution in [-0.4, -0.2) is 42.4 Å². The molecule has 3 aliphatic heterocycles. The number of carbonyl (C=O) groups excluding carboxylic acids is 2. The number of hydrogen-bond donors (Lipinski definition) is 0. The molecule has 0 saturated carbocycles. The lowest BCUT2D eigenvalue weighted by Gasteiger charge is -2.52. The minimum Gasteiger partial charge on any atom is -1.00 e. The van der Waals surface area contributed by atoms with Crippen molar-refractivity contribution in [2.75, 3.05) is 26.2 Å². The average molecular weight is 490 g/mol. The third-order valence-electron chi connectivity index (χ3n) is 7.69. The number of halogens is 1. The maximum absolute atomic E-state index is 13.2. The van der Waals surface area contributed by atoms with E-state index in [-0.39, 0.29) is 30.1 Å². The van der Waals surface area contributed by atoms with E-state index in [1.54, 1.807) is 0 Å².